The summed E-state index contributed by atoms with van der Waals surface area (Å²) in [5.74, 6) is 1.50. The minimum atomic E-state index is 0.213. The second kappa shape index (κ2) is 6.33. The van der Waals surface area contributed by atoms with Gasteiger partial charge < -0.3 is 9.52 Å². The van der Waals surface area contributed by atoms with E-state index in [-0.39, 0.29) is 6.61 Å². The molecule has 0 amide bonds. The predicted octanol–water partition coefficient (Wildman–Crippen LogP) is 2.16. The van der Waals surface area contributed by atoms with Crippen LogP contribution in [0, 0.1) is 0 Å². The molecule has 4 nitrogen and oxygen atoms in total. The first kappa shape index (κ1) is 12.8. The molecule has 0 aliphatic rings. The van der Waals surface area contributed by atoms with Gasteiger partial charge >= 0.3 is 0 Å². The third kappa shape index (κ3) is 3.42. The molecule has 0 radical (unpaired) electrons. The van der Waals surface area contributed by atoms with Crippen molar-refractivity contribution < 1.29 is 9.52 Å². The second-order valence-electron chi connectivity index (χ2n) is 4.30. The highest BCUT2D eigenvalue weighted by Gasteiger charge is 2.08. The molecule has 0 spiro atoms. The van der Waals surface area contributed by atoms with E-state index < -0.39 is 0 Å². The lowest BCUT2D eigenvalue weighted by atomic mass is 10.2. The fourth-order valence-electron chi connectivity index (χ4n) is 1.77. The Kier molecular flexibility index (Phi) is 4.50. The summed E-state index contributed by atoms with van der Waals surface area (Å²) < 4.78 is 5.71. The van der Waals surface area contributed by atoms with Crippen molar-refractivity contribution >= 4 is 0 Å². The fourth-order valence-corrected chi connectivity index (χ4v) is 1.77. The van der Waals surface area contributed by atoms with E-state index in [1.807, 2.05) is 37.4 Å². The number of aliphatic hydroxyl groups excluding tert-OH is 1. The summed E-state index contributed by atoms with van der Waals surface area (Å²) in [6.07, 6.45) is 2.52. The Labute approximate surface area is 107 Å². The number of oxazole rings is 1. The molecular weight excluding hydrogens is 228 g/mol. The molecule has 0 saturated heterocycles. The van der Waals surface area contributed by atoms with Crippen molar-refractivity contribution in [2.45, 2.75) is 13.0 Å². The average Bonchev–Trinajstić information content (AvgIpc) is 2.86. The smallest absolute Gasteiger partial charge is 0.209 e. The van der Waals surface area contributed by atoms with Gasteiger partial charge in [0.05, 0.1) is 12.7 Å². The molecule has 1 aromatic heterocycles. The number of aliphatic hydroxyl groups is 1. The van der Waals surface area contributed by atoms with Crippen molar-refractivity contribution in [3.05, 3.63) is 42.4 Å². The van der Waals surface area contributed by atoms with Crippen LogP contribution in [-0.4, -0.2) is 35.2 Å². The lowest BCUT2D eigenvalue weighted by Crippen LogP contribution is -2.19. The maximum Gasteiger partial charge on any atom is 0.209 e. The maximum atomic E-state index is 8.77. The summed E-state index contributed by atoms with van der Waals surface area (Å²) in [5, 5.41) is 8.77. The molecule has 1 heterocycles. The van der Waals surface area contributed by atoms with Crippen LogP contribution in [0.4, 0.5) is 0 Å². The number of hydrogen-bond acceptors (Lipinski definition) is 4. The molecule has 96 valence electrons. The molecule has 18 heavy (non-hydrogen) atoms. The highest BCUT2D eigenvalue weighted by atomic mass is 16.4. The number of hydrogen-bond donors (Lipinski definition) is 1. The van der Waals surface area contributed by atoms with Gasteiger partial charge in [0.25, 0.3) is 0 Å². The van der Waals surface area contributed by atoms with E-state index in [1.165, 1.54) is 0 Å². The van der Waals surface area contributed by atoms with Crippen molar-refractivity contribution in [1.29, 1.82) is 0 Å². The molecule has 1 N–H and O–H groups in total. The van der Waals surface area contributed by atoms with Crippen molar-refractivity contribution in [2.75, 3.05) is 20.2 Å². The summed E-state index contributed by atoms with van der Waals surface area (Å²) in [7, 11) is 1.99. The van der Waals surface area contributed by atoms with Crippen LogP contribution in [0.1, 0.15) is 12.3 Å². The monoisotopic (exact) mass is 246 g/mol. The molecule has 0 aliphatic carbocycles. The summed E-state index contributed by atoms with van der Waals surface area (Å²) in [6.45, 7) is 1.71. The van der Waals surface area contributed by atoms with E-state index >= 15 is 0 Å². The SMILES string of the molecule is CN(CCCO)Cc1ncc(-c2ccccc2)o1. The minimum absolute atomic E-state index is 0.213. The molecule has 0 saturated carbocycles. The van der Waals surface area contributed by atoms with Gasteiger partial charge in [0.1, 0.15) is 0 Å². The van der Waals surface area contributed by atoms with Gasteiger partial charge in [-0.2, -0.15) is 0 Å². The average molecular weight is 246 g/mol. The Morgan fingerprint density at radius 2 is 2.06 bits per heavy atom. The van der Waals surface area contributed by atoms with Gasteiger partial charge in [-0.15, -0.1) is 0 Å². The first-order valence-electron chi connectivity index (χ1n) is 6.09. The molecule has 0 unspecified atom stereocenters. The normalized spacial score (nSPS) is 11.1. The number of benzene rings is 1. The van der Waals surface area contributed by atoms with E-state index in [1.54, 1.807) is 6.20 Å². The van der Waals surface area contributed by atoms with E-state index in [0.29, 0.717) is 12.4 Å². The van der Waals surface area contributed by atoms with Crippen LogP contribution >= 0.6 is 0 Å². The van der Waals surface area contributed by atoms with Crippen molar-refractivity contribution in [3.8, 4) is 11.3 Å². The van der Waals surface area contributed by atoms with Gasteiger partial charge in [-0.1, -0.05) is 30.3 Å². The van der Waals surface area contributed by atoms with E-state index in [2.05, 4.69) is 9.88 Å². The van der Waals surface area contributed by atoms with Crippen LogP contribution in [0.2, 0.25) is 0 Å². The first-order valence-corrected chi connectivity index (χ1v) is 6.09. The van der Waals surface area contributed by atoms with Gasteiger partial charge in [-0.05, 0) is 13.5 Å². The number of nitrogens with zero attached hydrogens (tertiary/aromatic N) is 2. The highest BCUT2D eigenvalue weighted by Crippen LogP contribution is 2.20. The van der Waals surface area contributed by atoms with Crippen LogP contribution in [0.15, 0.2) is 40.9 Å². The molecule has 2 rings (SSSR count). The molecule has 0 bridgehead atoms. The van der Waals surface area contributed by atoms with Crippen LogP contribution in [0.25, 0.3) is 11.3 Å². The van der Waals surface area contributed by atoms with Crippen molar-refractivity contribution in [1.82, 2.24) is 9.88 Å². The molecule has 0 aliphatic heterocycles. The second-order valence-corrected chi connectivity index (χ2v) is 4.30. The first-order chi connectivity index (χ1) is 8.79. The fraction of sp³-hybridized carbons (Fsp3) is 0.357. The largest absolute Gasteiger partial charge is 0.439 e. The third-order valence-corrected chi connectivity index (χ3v) is 2.71. The van der Waals surface area contributed by atoms with Crippen LogP contribution in [0.5, 0.6) is 0 Å². The molecule has 0 atom stereocenters. The highest BCUT2D eigenvalue weighted by molar-refractivity contribution is 5.55. The maximum absolute atomic E-state index is 8.77. The third-order valence-electron chi connectivity index (χ3n) is 2.71. The molecular formula is C14H18N2O2. The van der Waals surface area contributed by atoms with Crippen LogP contribution in [0.3, 0.4) is 0 Å². The van der Waals surface area contributed by atoms with E-state index in [4.69, 9.17) is 9.52 Å². The Hall–Kier alpha value is -1.65. The van der Waals surface area contributed by atoms with Crippen LogP contribution in [-0.2, 0) is 6.54 Å². The Morgan fingerprint density at radius 1 is 1.28 bits per heavy atom. The summed E-state index contributed by atoms with van der Waals surface area (Å²) in [4.78, 5) is 6.35. The summed E-state index contributed by atoms with van der Waals surface area (Å²) in [6, 6.07) is 9.93. The zero-order valence-electron chi connectivity index (χ0n) is 10.5. The van der Waals surface area contributed by atoms with Gasteiger partial charge in [0, 0.05) is 18.7 Å². The van der Waals surface area contributed by atoms with E-state index in [9.17, 15) is 0 Å². The topological polar surface area (TPSA) is 49.5 Å². The van der Waals surface area contributed by atoms with Gasteiger partial charge in [-0.3, -0.25) is 4.90 Å². The Morgan fingerprint density at radius 3 is 2.78 bits per heavy atom. The zero-order chi connectivity index (χ0) is 12.8. The zero-order valence-corrected chi connectivity index (χ0v) is 10.5. The number of rotatable bonds is 6. The van der Waals surface area contributed by atoms with Gasteiger partial charge in [0.15, 0.2) is 5.76 Å². The molecule has 4 heteroatoms. The lowest BCUT2D eigenvalue weighted by molar-refractivity contribution is 0.233. The van der Waals surface area contributed by atoms with Crippen molar-refractivity contribution in [2.24, 2.45) is 0 Å². The molecule has 1 aromatic carbocycles. The summed E-state index contributed by atoms with van der Waals surface area (Å²) in [5.41, 5.74) is 1.04. The predicted molar refractivity (Wildman–Crippen MR) is 70.0 cm³/mol. The lowest BCUT2D eigenvalue weighted by Gasteiger charge is -2.12. The van der Waals surface area contributed by atoms with Crippen molar-refractivity contribution in [3.63, 3.8) is 0 Å². The Balaban J connectivity index is 1.98. The number of aromatic nitrogens is 1. The Bertz CT molecular complexity index is 468. The quantitative estimate of drug-likeness (QED) is 0.848. The van der Waals surface area contributed by atoms with Gasteiger partial charge in [0.2, 0.25) is 5.89 Å². The molecule has 2 aromatic rings. The standard InChI is InChI=1S/C14H18N2O2/c1-16(8-5-9-17)11-14-15-10-13(18-14)12-6-3-2-4-7-12/h2-4,6-7,10,17H,5,8-9,11H2,1H3. The van der Waals surface area contributed by atoms with Gasteiger partial charge in [-0.25, -0.2) is 4.98 Å². The summed E-state index contributed by atoms with van der Waals surface area (Å²) >= 11 is 0. The molecule has 0 fully saturated rings. The van der Waals surface area contributed by atoms with Crippen LogP contribution < -0.4 is 0 Å². The van der Waals surface area contributed by atoms with E-state index in [0.717, 1.165) is 24.3 Å². The minimum Gasteiger partial charge on any atom is -0.439 e.